The van der Waals surface area contributed by atoms with Crippen LogP contribution in [-0.2, 0) is 6.54 Å². The average Bonchev–Trinajstić information content (AvgIpc) is 3.31. The number of amides is 1. The molecule has 0 bridgehead atoms. The number of piperidine rings is 1. The average molecular weight is 349 g/mol. The number of hydrogen-bond acceptors (Lipinski definition) is 3. The van der Waals surface area contributed by atoms with E-state index in [0.717, 1.165) is 36.2 Å². The first-order valence-corrected chi connectivity index (χ1v) is 9.05. The van der Waals surface area contributed by atoms with Crippen molar-refractivity contribution < 1.29 is 4.79 Å². The molecule has 3 aromatic heterocycles. The van der Waals surface area contributed by atoms with Crippen LogP contribution in [-0.4, -0.2) is 43.2 Å². The third kappa shape index (κ3) is 3.40. The SMILES string of the molecule is Cc1cnn([C@H]2CCCN(C(=O)c3cccn3Cc3ccncc3)C2)c1. The molecule has 1 aliphatic heterocycles. The van der Waals surface area contributed by atoms with Gasteiger partial charge in [-0.3, -0.25) is 14.5 Å². The Bertz CT molecular complexity index is 883. The van der Waals surface area contributed by atoms with E-state index in [0.29, 0.717) is 13.1 Å². The summed E-state index contributed by atoms with van der Waals surface area (Å²) in [5.74, 6) is 0.0950. The van der Waals surface area contributed by atoms with Crippen molar-refractivity contribution in [3.8, 4) is 0 Å². The quantitative estimate of drug-likeness (QED) is 0.728. The van der Waals surface area contributed by atoms with Crippen LogP contribution < -0.4 is 0 Å². The van der Waals surface area contributed by atoms with Crippen LogP contribution in [0.25, 0.3) is 0 Å². The lowest BCUT2D eigenvalue weighted by atomic mass is 10.1. The number of hydrogen-bond donors (Lipinski definition) is 0. The van der Waals surface area contributed by atoms with E-state index in [2.05, 4.69) is 16.3 Å². The Balaban J connectivity index is 1.50. The number of rotatable bonds is 4. The number of aryl methyl sites for hydroxylation is 1. The van der Waals surface area contributed by atoms with Gasteiger partial charge in [0.25, 0.3) is 5.91 Å². The van der Waals surface area contributed by atoms with E-state index < -0.39 is 0 Å². The number of pyridine rings is 1. The lowest BCUT2D eigenvalue weighted by Crippen LogP contribution is -2.41. The second kappa shape index (κ2) is 7.15. The Morgan fingerprint density at radius 1 is 1.27 bits per heavy atom. The molecule has 4 heterocycles. The summed E-state index contributed by atoms with van der Waals surface area (Å²) in [6.07, 6.45) is 11.5. The van der Waals surface area contributed by atoms with Crippen molar-refractivity contribution in [1.29, 1.82) is 0 Å². The lowest BCUT2D eigenvalue weighted by Gasteiger charge is -2.33. The third-order valence-corrected chi connectivity index (χ3v) is 4.94. The van der Waals surface area contributed by atoms with Crippen LogP contribution >= 0.6 is 0 Å². The Morgan fingerprint density at radius 3 is 2.88 bits per heavy atom. The van der Waals surface area contributed by atoms with Gasteiger partial charge < -0.3 is 9.47 Å². The zero-order chi connectivity index (χ0) is 17.9. The first kappa shape index (κ1) is 16.6. The maximum Gasteiger partial charge on any atom is 0.270 e. The maximum atomic E-state index is 13.1. The summed E-state index contributed by atoms with van der Waals surface area (Å²) < 4.78 is 4.02. The van der Waals surface area contributed by atoms with Crippen LogP contribution in [0.15, 0.2) is 55.2 Å². The molecule has 1 fully saturated rings. The molecule has 1 atom stereocenters. The van der Waals surface area contributed by atoms with Crippen LogP contribution in [0.2, 0.25) is 0 Å². The first-order chi connectivity index (χ1) is 12.7. The van der Waals surface area contributed by atoms with Crippen molar-refractivity contribution in [2.24, 2.45) is 0 Å². The van der Waals surface area contributed by atoms with Crippen molar-refractivity contribution in [1.82, 2.24) is 24.2 Å². The molecule has 1 saturated heterocycles. The maximum absolute atomic E-state index is 13.1. The van der Waals surface area contributed by atoms with Crippen molar-refractivity contribution in [3.05, 3.63) is 72.1 Å². The predicted molar refractivity (Wildman–Crippen MR) is 98.9 cm³/mol. The molecule has 0 aliphatic carbocycles. The highest BCUT2D eigenvalue weighted by Crippen LogP contribution is 2.23. The first-order valence-electron chi connectivity index (χ1n) is 9.05. The number of likely N-dealkylation sites (tertiary alicyclic amines) is 1. The van der Waals surface area contributed by atoms with Crippen LogP contribution in [0, 0.1) is 6.92 Å². The normalized spacial score (nSPS) is 17.4. The molecule has 3 aromatic rings. The van der Waals surface area contributed by atoms with Crippen molar-refractivity contribution in [2.75, 3.05) is 13.1 Å². The third-order valence-electron chi connectivity index (χ3n) is 4.94. The Labute approximate surface area is 153 Å². The fourth-order valence-corrected chi connectivity index (χ4v) is 3.58. The van der Waals surface area contributed by atoms with E-state index in [9.17, 15) is 4.79 Å². The fourth-order valence-electron chi connectivity index (χ4n) is 3.58. The van der Waals surface area contributed by atoms with Gasteiger partial charge in [-0.1, -0.05) is 0 Å². The molecular weight excluding hydrogens is 326 g/mol. The van der Waals surface area contributed by atoms with E-state index in [1.165, 1.54) is 0 Å². The zero-order valence-corrected chi connectivity index (χ0v) is 15.0. The highest BCUT2D eigenvalue weighted by molar-refractivity contribution is 5.92. The van der Waals surface area contributed by atoms with E-state index >= 15 is 0 Å². The molecule has 0 radical (unpaired) electrons. The number of nitrogens with zero attached hydrogens (tertiary/aromatic N) is 5. The van der Waals surface area contributed by atoms with Gasteiger partial charge in [-0.05, 0) is 55.2 Å². The van der Waals surface area contributed by atoms with Gasteiger partial charge in [0.2, 0.25) is 0 Å². The molecule has 134 valence electrons. The van der Waals surface area contributed by atoms with Gasteiger partial charge in [-0.15, -0.1) is 0 Å². The Morgan fingerprint density at radius 2 is 2.12 bits per heavy atom. The van der Waals surface area contributed by atoms with Crippen molar-refractivity contribution in [3.63, 3.8) is 0 Å². The van der Waals surface area contributed by atoms with Gasteiger partial charge in [0.1, 0.15) is 5.69 Å². The van der Waals surface area contributed by atoms with Crippen molar-refractivity contribution >= 4 is 5.91 Å². The van der Waals surface area contributed by atoms with E-state index in [1.54, 1.807) is 12.4 Å². The molecule has 0 unspecified atom stereocenters. The topological polar surface area (TPSA) is 56.0 Å². The minimum absolute atomic E-state index is 0.0950. The summed E-state index contributed by atoms with van der Waals surface area (Å²) in [7, 11) is 0. The Kier molecular flexibility index (Phi) is 4.56. The molecule has 0 saturated carbocycles. The van der Waals surface area contributed by atoms with Crippen LogP contribution in [0.4, 0.5) is 0 Å². The second-order valence-electron chi connectivity index (χ2n) is 6.92. The van der Waals surface area contributed by atoms with E-state index in [-0.39, 0.29) is 11.9 Å². The van der Waals surface area contributed by atoms with Crippen LogP contribution in [0.5, 0.6) is 0 Å². The van der Waals surface area contributed by atoms with Gasteiger partial charge in [0.15, 0.2) is 0 Å². The van der Waals surface area contributed by atoms with Gasteiger partial charge in [0, 0.05) is 44.4 Å². The number of aromatic nitrogens is 4. The summed E-state index contributed by atoms with van der Waals surface area (Å²) in [5, 5.41) is 4.44. The smallest absolute Gasteiger partial charge is 0.270 e. The second-order valence-corrected chi connectivity index (χ2v) is 6.92. The van der Waals surface area contributed by atoms with Gasteiger partial charge in [0.05, 0.1) is 12.2 Å². The molecule has 6 heteroatoms. The predicted octanol–water partition coefficient (Wildman–Crippen LogP) is 2.91. The molecule has 4 rings (SSSR count). The van der Waals surface area contributed by atoms with Crippen molar-refractivity contribution in [2.45, 2.75) is 32.4 Å². The molecule has 26 heavy (non-hydrogen) atoms. The van der Waals surface area contributed by atoms with E-state index in [4.69, 9.17) is 0 Å². The monoisotopic (exact) mass is 349 g/mol. The molecule has 6 nitrogen and oxygen atoms in total. The van der Waals surface area contributed by atoms with Crippen LogP contribution in [0.1, 0.15) is 40.5 Å². The zero-order valence-electron chi connectivity index (χ0n) is 15.0. The molecule has 0 aromatic carbocycles. The highest BCUT2D eigenvalue weighted by Gasteiger charge is 2.27. The fraction of sp³-hybridized carbons (Fsp3) is 0.350. The van der Waals surface area contributed by atoms with Gasteiger partial charge >= 0.3 is 0 Å². The molecule has 0 spiro atoms. The minimum Gasteiger partial charge on any atom is -0.339 e. The minimum atomic E-state index is 0.0950. The lowest BCUT2D eigenvalue weighted by molar-refractivity contribution is 0.0662. The number of carbonyl (C=O) groups excluding carboxylic acids is 1. The molecular formula is C20H23N5O. The summed E-state index contributed by atoms with van der Waals surface area (Å²) in [4.78, 5) is 19.1. The summed E-state index contributed by atoms with van der Waals surface area (Å²) in [6, 6.07) is 8.05. The molecule has 1 aliphatic rings. The largest absolute Gasteiger partial charge is 0.339 e. The van der Waals surface area contributed by atoms with Crippen LogP contribution in [0.3, 0.4) is 0 Å². The Hall–Kier alpha value is -2.89. The summed E-state index contributed by atoms with van der Waals surface area (Å²) >= 11 is 0. The van der Waals surface area contributed by atoms with Gasteiger partial charge in [-0.25, -0.2) is 0 Å². The standard InChI is InChI=1S/C20H23N5O/c1-16-12-22-25(13-16)18-4-2-11-24(15-18)20(26)19-5-3-10-23(19)14-17-6-8-21-9-7-17/h3,5-10,12-13,18H,2,4,11,14-15H2,1H3/t18-/m0/s1. The summed E-state index contributed by atoms with van der Waals surface area (Å²) in [5.41, 5.74) is 3.02. The highest BCUT2D eigenvalue weighted by atomic mass is 16.2. The molecule has 0 N–H and O–H groups in total. The summed E-state index contributed by atoms with van der Waals surface area (Å²) in [6.45, 7) is 4.23. The van der Waals surface area contributed by atoms with Gasteiger partial charge in [-0.2, -0.15) is 5.10 Å². The van der Waals surface area contributed by atoms with E-state index in [1.807, 2.05) is 57.7 Å². The number of carbonyl (C=O) groups is 1. The molecule has 1 amide bonds.